The number of hydrogen-bond donors (Lipinski definition) is 1. The minimum Gasteiger partial charge on any atom is -0.464 e. The van der Waals surface area contributed by atoms with Gasteiger partial charge in [0.05, 0.1) is 17.6 Å². The molecule has 3 nitrogen and oxygen atoms in total. The quantitative estimate of drug-likeness (QED) is 0.616. The summed E-state index contributed by atoms with van der Waals surface area (Å²) in [6, 6.07) is 5.40. The SMILES string of the molecule is Bc1ccc2occ(CO)c(=O)c2c1. The fourth-order valence-corrected chi connectivity index (χ4v) is 1.39. The van der Waals surface area contributed by atoms with Crippen molar-refractivity contribution in [3.63, 3.8) is 0 Å². The fourth-order valence-electron chi connectivity index (χ4n) is 1.39. The highest BCUT2D eigenvalue weighted by Crippen LogP contribution is 2.08. The summed E-state index contributed by atoms with van der Waals surface area (Å²) in [4.78, 5) is 11.7. The van der Waals surface area contributed by atoms with Crippen LogP contribution in [0.1, 0.15) is 5.56 Å². The minimum atomic E-state index is -0.286. The van der Waals surface area contributed by atoms with Crippen LogP contribution in [0.25, 0.3) is 11.0 Å². The van der Waals surface area contributed by atoms with E-state index in [1.165, 1.54) is 6.26 Å². The first kappa shape index (κ1) is 9.03. The standard InChI is InChI=1S/C10H9BO3/c11-7-1-2-9-8(3-7)10(13)6(4-12)5-14-9/h1-3,5,12H,4,11H2. The van der Waals surface area contributed by atoms with Gasteiger partial charge in [0.2, 0.25) is 0 Å². The second kappa shape index (κ2) is 3.31. The zero-order chi connectivity index (χ0) is 10.1. The lowest BCUT2D eigenvalue weighted by Crippen LogP contribution is -2.11. The lowest BCUT2D eigenvalue weighted by Gasteiger charge is -2.00. The van der Waals surface area contributed by atoms with Crippen LogP contribution >= 0.6 is 0 Å². The summed E-state index contributed by atoms with van der Waals surface area (Å²) in [6.07, 6.45) is 1.31. The molecule has 0 atom stereocenters. The molecule has 0 saturated heterocycles. The molecule has 1 heterocycles. The van der Waals surface area contributed by atoms with E-state index in [4.69, 9.17) is 9.52 Å². The van der Waals surface area contributed by atoms with Crippen molar-refractivity contribution in [3.8, 4) is 0 Å². The Morgan fingerprint density at radius 3 is 2.93 bits per heavy atom. The molecule has 2 aromatic rings. The molecular formula is C10H9BO3. The van der Waals surface area contributed by atoms with Gasteiger partial charge in [-0.25, -0.2) is 0 Å². The highest BCUT2D eigenvalue weighted by molar-refractivity contribution is 6.33. The normalized spacial score (nSPS) is 10.6. The third-order valence-corrected chi connectivity index (χ3v) is 2.17. The number of fused-ring (bicyclic) bond motifs is 1. The highest BCUT2D eigenvalue weighted by Gasteiger charge is 2.05. The fraction of sp³-hybridized carbons (Fsp3) is 0.100. The molecule has 1 aromatic heterocycles. The summed E-state index contributed by atoms with van der Waals surface area (Å²) < 4.78 is 5.21. The Morgan fingerprint density at radius 2 is 2.21 bits per heavy atom. The predicted octanol–water partition coefficient (Wildman–Crippen LogP) is -0.456. The first-order chi connectivity index (χ1) is 6.72. The third kappa shape index (κ3) is 1.34. The number of rotatable bonds is 1. The predicted molar refractivity (Wildman–Crippen MR) is 56.6 cm³/mol. The molecule has 1 aromatic carbocycles. The second-order valence-electron chi connectivity index (χ2n) is 3.25. The number of aliphatic hydroxyl groups excluding tert-OH is 1. The molecule has 0 aliphatic rings. The van der Waals surface area contributed by atoms with Gasteiger partial charge in [0.25, 0.3) is 0 Å². The Hall–Kier alpha value is -1.55. The molecule has 14 heavy (non-hydrogen) atoms. The summed E-state index contributed by atoms with van der Waals surface area (Å²) in [6.45, 7) is -0.286. The first-order valence-corrected chi connectivity index (χ1v) is 4.34. The lowest BCUT2D eigenvalue weighted by molar-refractivity contribution is 0.277. The molecule has 0 aliphatic heterocycles. The van der Waals surface area contributed by atoms with Gasteiger partial charge in [-0.3, -0.25) is 4.79 Å². The van der Waals surface area contributed by atoms with Gasteiger partial charge in [-0.05, 0) is 6.07 Å². The van der Waals surface area contributed by atoms with Gasteiger partial charge in [0.15, 0.2) is 5.43 Å². The van der Waals surface area contributed by atoms with Crippen LogP contribution in [-0.2, 0) is 6.61 Å². The van der Waals surface area contributed by atoms with Crippen LogP contribution in [0, 0.1) is 0 Å². The van der Waals surface area contributed by atoms with Crippen molar-refractivity contribution in [2.45, 2.75) is 6.61 Å². The maximum Gasteiger partial charge on any atom is 0.198 e. The van der Waals surface area contributed by atoms with Crippen LogP contribution in [0.15, 0.2) is 33.7 Å². The third-order valence-electron chi connectivity index (χ3n) is 2.17. The van der Waals surface area contributed by atoms with E-state index in [2.05, 4.69) is 0 Å². The van der Waals surface area contributed by atoms with E-state index in [1.807, 2.05) is 13.9 Å². The van der Waals surface area contributed by atoms with Gasteiger partial charge < -0.3 is 9.52 Å². The van der Waals surface area contributed by atoms with Crippen molar-refractivity contribution in [3.05, 3.63) is 40.2 Å². The summed E-state index contributed by atoms with van der Waals surface area (Å²) in [5.41, 5.74) is 1.69. The van der Waals surface area contributed by atoms with E-state index in [0.717, 1.165) is 5.46 Å². The summed E-state index contributed by atoms with van der Waals surface area (Å²) >= 11 is 0. The molecule has 0 bridgehead atoms. The maximum atomic E-state index is 11.7. The van der Waals surface area contributed by atoms with E-state index in [9.17, 15) is 4.79 Å². The van der Waals surface area contributed by atoms with Crippen LogP contribution in [0.5, 0.6) is 0 Å². The first-order valence-electron chi connectivity index (χ1n) is 4.34. The summed E-state index contributed by atoms with van der Waals surface area (Å²) in [5.74, 6) is 0. The Kier molecular flexibility index (Phi) is 2.13. The molecule has 70 valence electrons. The van der Waals surface area contributed by atoms with E-state index in [-0.39, 0.29) is 12.0 Å². The van der Waals surface area contributed by atoms with E-state index in [0.29, 0.717) is 16.5 Å². The van der Waals surface area contributed by atoms with Crippen LogP contribution in [0.4, 0.5) is 0 Å². The average molecular weight is 188 g/mol. The van der Waals surface area contributed by atoms with Crippen LogP contribution < -0.4 is 10.9 Å². The molecule has 0 amide bonds. The largest absolute Gasteiger partial charge is 0.464 e. The Morgan fingerprint density at radius 1 is 1.43 bits per heavy atom. The van der Waals surface area contributed by atoms with Crippen molar-refractivity contribution < 1.29 is 9.52 Å². The van der Waals surface area contributed by atoms with Gasteiger partial charge in [0.1, 0.15) is 19.7 Å². The molecule has 0 aliphatic carbocycles. The molecule has 1 N–H and O–H groups in total. The smallest absolute Gasteiger partial charge is 0.198 e. The van der Waals surface area contributed by atoms with Crippen LogP contribution in [0.2, 0.25) is 0 Å². The number of benzene rings is 1. The van der Waals surface area contributed by atoms with Gasteiger partial charge in [-0.15, -0.1) is 0 Å². The monoisotopic (exact) mass is 188 g/mol. The molecule has 0 unspecified atom stereocenters. The zero-order valence-corrected chi connectivity index (χ0v) is 7.78. The van der Waals surface area contributed by atoms with E-state index < -0.39 is 0 Å². The highest BCUT2D eigenvalue weighted by atomic mass is 16.3. The number of hydrogen-bond acceptors (Lipinski definition) is 3. The van der Waals surface area contributed by atoms with E-state index >= 15 is 0 Å². The Balaban J connectivity index is 2.87. The van der Waals surface area contributed by atoms with Gasteiger partial charge in [-0.2, -0.15) is 0 Å². The molecule has 0 saturated carbocycles. The Labute approximate surface area is 81.4 Å². The molecule has 0 radical (unpaired) electrons. The van der Waals surface area contributed by atoms with Gasteiger partial charge in [0, 0.05) is 0 Å². The Bertz CT molecular complexity index is 530. The van der Waals surface area contributed by atoms with Crippen molar-refractivity contribution >= 4 is 24.3 Å². The molecular weight excluding hydrogens is 179 g/mol. The maximum absolute atomic E-state index is 11.7. The average Bonchev–Trinajstić information content (AvgIpc) is 2.20. The summed E-state index contributed by atoms with van der Waals surface area (Å²) in [5, 5.41) is 9.41. The molecule has 0 fully saturated rings. The van der Waals surface area contributed by atoms with Crippen LogP contribution in [0.3, 0.4) is 0 Å². The second-order valence-corrected chi connectivity index (χ2v) is 3.25. The lowest BCUT2D eigenvalue weighted by atomic mass is 9.95. The van der Waals surface area contributed by atoms with Gasteiger partial charge >= 0.3 is 0 Å². The summed E-state index contributed by atoms with van der Waals surface area (Å²) in [7, 11) is 1.91. The zero-order valence-electron chi connectivity index (χ0n) is 7.78. The van der Waals surface area contributed by atoms with Crippen molar-refractivity contribution in [1.82, 2.24) is 0 Å². The minimum absolute atomic E-state index is 0.155. The van der Waals surface area contributed by atoms with Crippen molar-refractivity contribution in [1.29, 1.82) is 0 Å². The van der Waals surface area contributed by atoms with Crippen molar-refractivity contribution in [2.24, 2.45) is 0 Å². The molecule has 2 rings (SSSR count). The molecule has 0 spiro atoms. The topological polar surface area (TPSA) is 50.4 Å². The van der Waals surface area contributed by atoms with E-state index in [1.54, 1.807) is 12.1 Å². The molecule has 4 heteroatoms. The van der Waals surface area contributed by atoms with Crippen molar-refractivity contribution in [2.75, 3.05) is 0 Å². The van der Waals surface area contributed by atoms with Gasteiger partial charge in [-0.1, -0.05) is 17.6 Å². The number of aliphatic hydroxyl groups is 1. The van der Waals surface area contributed by atoms with Crippen LogP contribution in [-0.4, -0.2) is 13.0 Å².